The Bertz CT molecular complexity index is 913. The van der Waals surface area contributed by atoms with Gasteiger partial charge in [0.15, 0.2) is 23.0 Å². The predicted molar refractivity (Wildman–Crippen MR) is 117 cm³/mol. The number of fused-ring (bicyclic) bond motifs is 1. The van der Waals surface area contributed by atoms with Crippen molar-refractivity contribution < 1.29 is 28.5 Å². The molecule has 0 aromatic heterocycles. The zero-order valence-electron chi connectivity index (χ0n) is 18.9. The molecule has 1 aliphatic rings. The molecule has 7 heteroatoms. The average Bonchev–Trinajstić information content (AvgIpc) is 2.82. The van der Waals surface area contributed by atoms with E-state index in [0.29, 0.717) is 30.2 Å². The van der Waals surface area contributed by atoms with Gasteiger partial charge in [-0.15, -0.1) is 0 Å². The van der Waals surface area contributed by atoms with E-state index in [9.17, 15) is 4.79 Å². The van der Waals surface area contributed by atoms with Gasteiger partial charge in [-0.1, -0.05) is 6.07 Å². The maximum Gasteiger partial charge on any atom is 0.306 e. The molecule has 0 amide bonds. The number of esters is 1. The van der Waals surface area contributed by atoms with Crippen molar-refractivity contribution >= 4 is 5.97 Å². The van der Waals surface area contributed by atoms with Gasteiger partial charge in [-0.25, -0.2) is 0 Å². The second-order valence-corrected chi connectivity index (χ2v) is 7.43. The van der Waals surface area contributed by atoms with E-state index >= 15 is 0 Å². The molecule has 0 spiro atoms. The Morgan fingerprint density at radius 2 is 1.55 bits per heavy atom. The van der Waals surface area contributed by atoms with Crippen LogP contribution in [0.1, 0.15) is 29.2 Å². The standard InChI is InChI=1S/C24H31NO6/c1-27-20-7-6-16(13-21(20)28-2)12-19-18-15-23(30-4)22(29-3)14-17(18)8-10-25(19)11-9-24(26)31-5/h6-7,13-15,19H,8-12H2,1-5H3/t19-/m1/s1. The topological polar surface area (TPSA) is 66.5 Å². The van der Waals surface area contributed by atoms with Gasteiger partial charge in [-0.05, 0) is 53.8 Å². The summed E-state index contributed by atoms with van der Waals surface area (Å²) in [6.45, 7) is 1.47. The molecule has 1 heterocycles. The molecule has 0 bridgehead atoms. The number of carbonyl (C=O) groups is 1. The van der Waals surface area contributed by atoms with E-state index in [2.05, 4.69) is 23.1 Å². The summed E-state index contributed by atoms with van der Waals surface area (Å²) < 4.78 is 26.8. The monoisotopic (exact) mass is 429 g/mol. The molecule has 3 rings (SSSR count). The number of ether oxygens (including phenoxy) is 5. The number of carbonyl (C=O) groups excluding carboxylic acids is 1. The summed E-state index contributed by atoms with van der Waals surface area (Å²) in [7, 11) is 7.98. The van der Waals surface area contributed by atoms with Crippen LogP contribution in [-0.2, 0) is 22.4 Å². The lowest BCUT2D eigenvalue weighted by atomic mass is 9.88. The first-order chi connectivity index (χ1) is 15.0. The smallest absolute Gasteiger partial charge is 0.306 e. The molecule has 1 atom stereocenters. The molecule has 7 nitrogen and oxygen atoms in total. The van der Waals surface area contributed by atoms with Gasteiger partial charge in [0.05, 0.1) is 42.0 Å². The van der Waals surface area contributed by atoms with E-state index in [0.717, 1.165) is 30.7 Å². The van der Waals surface area contributed by atoms with Gasteiger partial charge in [-0.2, -0.15) is 0 Å². The number of nitrogens with zero attached hydrogens (tertiary/aromatic N) is 1. The quantitative estimate of drug-likeness (QED) is 0.566. The lowest BCUT2D eigenvalue weighted by molar-refractivity contribution is -0.141. The van der Waals surface area contributed by atoms with Crippen LogP contribution in [-0.4, -0.2) is 59.5 Å². The molecule has 0 N–H and O–H groups in total. The zero-order valence-corrected chi connectivity index (χ0v) is 18.9. The van der Waals surface area contributed by atoms with E-state index in [1.54, 1.807) is 28.4 Å². The van der Waals surface area contributed by atoms with Crippen LogP contribution in [0.2, 0.25) is 0 Å². The van der Waals surface area contributed by atoms with Gasteiger partial charge >= 0.3 is 5.97 Å². The molecule has 0 saturated heterocycles. The van der Waals surface area contributed by atoms with Gasteiger partial charge in [-0.3, -0.25) is 9.69 Å². The van der Waals surface area contributed by atoms with Gasteiger partial charge in [0.25, 0.3) is 0 Å². The van der Waals surface area contributed by atoms with Crippen LogP contribution >= 0.6 is 0 Å². The minimum absolute atomic E-state index is 0.0753. The number of rotatable bonds is 9. The minimum Gasteiger partial charge on any atom is -0.493 e. The Balaban J connectivity index is 1.97. The van der Waals surface area contributed by atoms with E-state index in [-0.39, 0.29) is 12.0 Å². The first kappa shape index (κ1) is 22.7. The predicted octanol–water partition coefficient (Wildman–Crippen LogP) is 3.43. The molecule has 2 aromatic rings. The Morgan fingerprint density at radius 3 is 2.19 bits per heavy atom. The van der Waals surface area contributed by atoms with Crippen LogP contribution in [0.5, 0.6) is 23.0 Å². The highest BCUT2D eigenvalue weighted by molar-refractivity contribution is 5.69. The van der Waals surface area contributed by atoms with E-state index < -0.39 is 0 Å². The summed E-state index contributed by atoms with van der Waals surface area (Å²) in [6.07, 6.45) is 1.98. The van der Waals surface area contributed by atoms with E-state index in [1.165, 1.54) is 18.2 Å². The van der Waals surface area contributed by atoms with Crippen LogP contribution in [0.15, 0.2) is 30.3 Å². The first-order valence-electron chi connectivity index (χ1n) is 10.3. The Hall–Kier alpha value is -2.93. The maximum absolute atomic E-state index is 11.8. The summed E-state index contributed by atoms with van der Waals surface area (Å²) >= 11 is 0. The Morgan fingerprint density at radius 1 is 0.903 bits per heavy atom. The summed E-state index contributed by atoms with van der Waals surface area (Å²) in [4.78, 5) is 14.1. The van der Waals surface area contributed by atoms with Crippen molar-refractivity contribution in [1.82, 2.24) is 4.90 Å². The van der Waals surface area contributed by atoms with Crippen molar-refractivity contribution in [3.8, 4) is 23.0 Å². The van der Waals surface area contributed by atoms with Crippen molar-refractivity contribution in [2.24, 2.45) is 0 Å². The summed E-state index contributed by atoms with van der Waals surface area (Å²) in [5, 5.41) is 0. The average molecular weight is 430 g/mol. The fourth-order valence-electron chi connectivity index (χ4n) is 4.15. The van der Waals surface area contributed by atoms with Crippen molar-refractivity contribution in [1.29, 1.82) is 0 Å². The second-order valence-electron chi connectivity index (χ2n) is 7.43. The van der Waals surface area contributed by atoms with Crippen molar-refractivity contribution in [3.05, 3.63) is 47.0 Å². The molecule has 1 aliphatic heterocycles. The summed E-state index contributed by atoms with van der Waals surface area (Å²) in [5.74, 6) is 2.62. The third-order valence-corrected chi connectivity index (χ3v) is 5.82. The first-order valence-corrected chi connectivity index (χ1v) is 10.3. The van der Waals surface area contributed by atoms with E-state index in [1.807, 2.05) is 12.1 Å². The molecular formula is C24H31NO6. The highest BCUT2D eigenvalue weighted by atomic mass is 16.5. The number of hydrogen-bond donors (Lipinski definition) is 0. The summed E-state index contributed by atoms with van der Waals surface area (Å²) in [6, 6.07) is 10.2. The van der Waals surface area contributed by atoms with Crippen molar-refractivity contribution in [2.45, 2.75) is 25.3 Å². The van der Waals surface area contributed by atoms with Crippen molar-refractivity contribution in [3.63, 3.8) is 0 Å². The largest absolute Gasteiger partial charge is 0.493 e. The SMILES string of the molecule is COC(=O)CCN1CCc2cc(OC)c(OC)cc2[C@H]1Cc1ccc(OC)c(OC)c1. The lowest BCUT2D eigenvalue weighted by Gasteiger charge is -2.38. The molecule has 2 aromatic carbocycles. The fraction of sp³-hybridized carbons (Fsp3) is 0.458. The molecule has 0 aliphatic carbocycles. The molecule has 168 valence electrons. The highest BCUT2D eigenvalue weighted by Gasteiger charge is 2.30. The van der Waals surface area contributed by atoms with Crippen LogP contribution in [0.4, 0.5) is 0 Å². The van der Waals surface area contributed by atoms with Crippen LogP contribution in [0.3, 0.4) is 0 Å². The van der Waals surface area contributed by atoms with E-state index in [4.69, 9.17) is 23.7 Å². The molecule has 0 saturated carbocycles. The highest BCUT2D eigenvalue weighted by Crippen LogP contribution is 2.40. The molecule has 0 radical (unpaired) electrons. The van der Waals surface area contributed by atoms with Crippen LogP contribution < -0.4 is 18.9 Å². The van der Waals surface area contributed by atoms with Crippen LogP contribution in [0, 0.1) is 0 Å². The minimum atomic E-state index is -0.206. The number of benzene rings is 2. The number of methoxy groups -OCH3 is 5. The molecule has 0 fully saturated rings. The number of hydrogen-bond acceptors (Lipinski definition) is 7. The Labute approximate surface area is 183 Å². The van der Waals surface area contributed by atoms with Crippen LogP contribution in [0.25, 0.3) is 0 Å². The van der Waals surface area contributed by atoms with Gasteiger partial charge in [0.1, 0.15) is 0 Å². The van der Waals surface area contributed by atoms with Gasteiger partial charge in [0, 0.05) is 19.1 Å². The van der Waals surface area contributed by atoms with Gasteiger partial charge in [0.2, 0.25) is 0 Å². The lowest BCUT2D eigenvalue weighted by Crippen LogP contribution is -2.38. The summed E-state index contributed by atoms with van der Waals surface area (Å²) in [5.41, 5.74) is 3.54. The zero-order chi connectivity index (χ0) is 22.4. The van der Waals surface area contributed by atoms with Crippen molar-refractivity contribution in [2.75, 3.05) is 48.6 Å². The fourth-order valence-corrected chi connectivity index (χ4v) is 4.15. The molecular weight excluding hydrogens is 398 g/mol. The maximum atomic E-state index is 11.8. The molecule has 0 unspecified atom stereocenters. The third kappa shape index (κ3) is 5.05. The van der Waals surface area contributed by atoms with Gasteiger partial charge < -0.3 is 23.7 Å². The molecule has 31 heavy (non-hydrogen) atoms. The normalized spacial score (nSPS) is 15.7. The second kappa shape index (κ2) is 10.4. The third-order valence-electron chi connectivity index (χ3n) is 5.82. The Kier molecular flexibility index (Phi) is 7.63.